The quantitative estimate of drug-likeness (QED) is 0.583. The summed E-state index contributed by atoms with van der Waals surface area (Å²) in [6.07, 6.45) is 0. The standard InChI is InChI=1S/C16H26NO2/c1-13(2)17(5,14(3)4)11-12-19-16(18)15-9-7-6-8-10-15/h6-10,13-14H,11-12H2,1-5H3/q+1. The third kappa shape index (κ3) is 4.06. The fourth-order valence-electron chi connectivity index (χ4n) is 2.11. The summed E-state index contributed by atoms with van der Waals surface area (Å²) in [7, 11) is 2.21. The molecule has 106 valence electrons. The van der Waals surface area contributed by atoms with E-state index in [1.165, 1.54) is 0 Å². The lowest BCUT2D eigenvalue weighted by atomic mass is 10.1. The van der Waals surface area contributed by atoms with Gasteiger partial charge in [0.25, 0.3) is 0 Å². The van der Waals surface area contributed by atoms with E-state index in [4.69, 9.17) is 4.74 Å². The van der Waals surface area contributed by atoms with Gasteiger partial charge in [-0.05, 0) is 39.8 Å². The van der Waals surface area contributed by atoms with Crippen molar-refractivity contribution in [2.45, 2.75) is 39.8 Å². The van der Waals surface area contributed by atoms with E-state index in [2.05, 4.69) is 34.7 Å². The van der Waals surface area contributed by atoms with Gasteiger partial charge >= 0.3 is 5.97 Å². The van der Waals surface area contributed by atoms with E-state index in [-0.39, 0.29) is 5.97 Å². The highest BCUT2D eigenvalue weighted by molar-refractivity contribution is 5.89. The van der Waals surface area contributed by atoms with E-state index in [0.717, 1.165) is 11.0 Å². The van der Waals surface area contributed by atoms with Crippen molar-refractivity contribution >= 4 is 5.97 Å². The van der Waals surface area contributed by atoms with Crippen LogP contribution in [0.5, 0.6) is 0 Å². The Bertz CT molecular complexity index is 390. The normalized spacial score (nSPS) is 11.9. The molecule has 0 N–H and O–H groups in total. The molecule has 0 aliphatic heterocycles. The summed E-state index contributed by atoms with van der Waals surface area (Å²) in [4.78, 5) is 11.8. The lowest BCUT2D eigenvalue weighted by Crippen LogP contribution is -2.56. The molecule has 0 radical (unpaired) electrons. The molecule has 0 bridgehead atoms. The lowest BCUT2D eigenvalue weighted by molar-refractivity contribution is -0.949. The molecule has 1 aromatic rings. The summed E-state index contributed by atoms with van der Waals surface area (Å²) in [5.41, 5.74) is 0.616. The van der Waals surface area contributed by atoms with Crippen molar-refractivity contribution in [2.24, 2.45) is 0 Å². The Morgan fingerprint density at radius 2 is 1.63 bits per heavy atom. The second kappa shape index (κ2) is 6.71. The molecular formula is C16H26NO2+. The van der Waals surface area contributed by atoms with Gasteiger partial charge in [0.2, 0.25) is 0 Å². The van der Waals surface area contributed by atoms with Crippen LogP contribution in [0, 0.1) is 0 Å². The lowest BCUT2D eigenvalue weighted by Gasteiger charge is -2.42. The largest absolute Gasteiger partial charge is 0.456 e. The van der Waals surface area contributed by atoms with Gasteiger partial charge in [0.05, 0.1) is 24.7 Å². The number of ether oxygens (including phenoxy) is 1. The molecule has 0 aliphatic carbocycles. The average Bonchev–Trinajstić information content (AvgIpc) is 2.38. The monoisotopic (exact) mass is 264 g/mol. The highest BCUT2D eigenvalue weighted by Gasteiger charge is 2.29. The molecule has 1 rings (SSSR count). The van der Waals surface area contributed by atoms with Crippen molar-refractivity contribution in [1.29, 1.82) is 0 Å². The Balaban J connectivity index is 2.52. The van der Waals surface area contributed by atoms with Gasteiger partial charge in [-0.2, -0.15) is 0 Å². The first-order valence-corrected chi connectivity index (χ1v) is 6.95. The fraction of sp³-hybridized carbons (Fsp3) is 0.562. The maximum absolute atomic E-state index is 11.8. The van der Waals surface area contributed by atoms with Gasteiger partial charge in [-0.3, -0.25) is 0 Å². The molecule has 0 atom stereocenters. The van der Waals surface area contributed by atoms with Crippen LogP contribution in [-0.2, 0) is 4.74 Å². The molecule has 0 spiro atoms. The van der Waals surface area contributed by atoms with Gasteiger partial charge in [0.15, 0.2) is 0 Å². The van der Waals surface area contributed by atoms with E-state index >= 15 is 0 Å². The fourth-order valence-corrected chi connectivity index (χ4v) is 2.11. The number of esters is 1. The van der Waals surface area contributed by atoms with Gasteiger partial charge in [-0.25, -0.2) is 4.79 Å². The number of likely N-dealkylation sites (N-methyl/N-ethyl adjacent to an activating group) is 1. The Morgan fingerprint density at radius 1 is 1.11 bits per heavy atom. The highest BCUT2D eigenvalue weighted by Crippen LogP contribution is 2.15. The second-order valence-electron chi connectivity index (χ2n) is 5.76. The van der Waals surface area contributed by atoms with Crippen molar-refractivity contribution in [3.05, 3.63) is 35.9 Å². The molecular weight excluding hydrogens is 238 g/mol. The minimum absolute atomic E-state index is 0.236. The molecule has 0 heterocycles. The van der Waals surface area contributed by atoms with Gasteiger partial charge < -0.3 is 9.22 Å². The molecule has 0 fully saturated rings. The van der Waals surface area contributed by atoms with Gasteiger partial charge in [-0.15, -0.1) is 0 Å². The van der Waals surface area contributed by atoms with Crippen LogP contribution in [-0.4, -0.2) is 42.7 Å². The summed E-state index contributed by atoms with van der Waals surface area (Å²) >= 11 is 0. The molecule has 0 aliphatic rings. The topological polar surface area (TPSA) is 26.3 Å². The maximum atomic E-state index is 11.8. The predicted octanol–water partition coefficient (Wildman–Crippen LogP) is 3.11. The van der Waals surface area contributed by atoms with Crippen LogP contribution < -0.4 is 0 Å². The van der Waals surface area contributed by atoms with E-state index in [1.807, 2.05) is 18.2 Å². The van der Waals surface area contributed by atoms with Crippen LogP contribution in [0.2, 0.25) is 0 Å². The molecule has 3 nitrogen and oxygen atoms in total. The van der Waals surface area contributed by atoms with Gasteiger partial charge in [0.1, 0.15) is 13.2 Å². The van der Waals surface area contributed by atoms with Crippen LogP contribution in [0.15, 0.2) is 30.3 Å². The van der Waals surface area contributed by atoms with Crippen LogP contribution in [0.1, 0.15) is 38.1 Å². The molecule has 0 saturated carbocycles. The number of rotatable bonds is 6. The zero-order chi connectivity index (χ0) is 14.5. The number of carbonyl (C=O) groups is 1. The first-order valence-electron chi connectivity index (χ1n) is 6.95. The van der Waals surface area contributed by atoms with Gasteiger partial charge in [-0.1, -0.05) is 18.2 Å². The summed E-state index contributed by atoms with van der Waals surface area (Å²) < 4.78 is 6.27. The van der Waals surface area contributed by atoms with Crippen LogP contribution in [0.3, 0.4) is 0 Å². The predicted molar refractivity (Wildman–Crippen MR) is 78.0 cm³/mol. The molecule has 0 saturated heterocycles. The number of nitrogens with zero attached hydrogens (tertiary/aromatic N) is 1. The van der Waals surface area contributed by atoms with E-state index in [9.17, 15) is 4.79 Å². The van der Waals surface area contributed by atoms with E-state index in [0.29, 0.717) is 24.3 Å². The van der Waals surface area contributed by atoms with Crippen LogP contribution in [0.25, 0.3) is 0 Å². The van der Waals surface area contributed by atoms with Crippen molar-refractivity contribution in [3.63, 3.8) is 0 Å². The summed E-state index contributed by atoms with van der Waals surface area (Å²) in [6.45, 7) is 10.1. The molecule has 3 heteroatoms. The van der Waals surface area contributed by atoms with Crippen LogP contribution in [0.4, 0.5) is 0 Å². The molecule has 19 heavy (non-hydrogen) atoms. The van der Waals surface area contributed by atoms with Crippen molar-refractivity contribution in [1.82, 2.24) is 0 Å². The zero-order valence-electron chi connectivity index (χ0n) is 12.7. The van der Waals surface area contributed by atoms with Crippen molar-refractivity contribution < 1.29 is 14.0 Å². The van der Waals surface area contributed by atoms with Crippen molar-refractivity contribution in [3.8, 4) is 0 Å². The Morgan fingerprint density at radius 3 is 2.11 bits per heavy atom. The maximum Gasteiger partial charge on any atom is 0.338 e. The molecule has 0 unspecified atom stereocenters. The number of benzene rings is 1. The summed E-state index contributed by atoms with van der Waals surface area (Å²) in [5, 5.41) is 0. The third-order valence-corrected chi connectivity index (χ3v) is 4.18. The molecule has 0 amide bonds. The number of hydrogen-bond donors (Lipinski definition) is 0. The van der Waals surface area contributed by atoms with Crippen molar-refractivity contribution in [2.75, 3.05) is 20.2 Å². The highest BCUT2D eigenvalue weighted by atomic mass is 16.5. The smallest absolute Gasteiger partial charge is 0.338 e. The van der Waals surface area contributed by atoms with Gasteiger partial charge in [0, 0.05) is 0 Å². The minimum atomic E-state index is -0.236. The first kappa shape index (κ1) is 15.7. The van der Waals surface area contributed by atoms with Crippen LogP contribution >= 0.6 is 0 Å². The Hall–Kier alpha value is -1.35. The number of quaternary nitrogens is 1. The molecule has 0 aromatic heterocycles. The van der Waals surface area contributed by atoms with E-state index < -0.39 is 0 Å². The molecule has 1 aromatic carbocycles. The summed E-state index contributed by atoms with van der Waals surface area (Å²) in [5.74, 6) is -0.236. The third-order valence-electron chi connectivity index (χ3n) is 4.18. The number of carbonyl (C=O) groups excluding carboxylic acids is 1. The first-order chi connectivity index (χ1) is 8.88. The zero-order valence-corrected chi connectivity index (χ0v) is 12.7. The second-order valence-corrected chi connectivity index (χ2v) is 5.76. The Labute approximate surface area is 116 Å². The number of hydrogen-bond acceptors (Lipinski definition) is 2. The SMILES string of the molecule is CC(C)[N+](C)(CCOC(=O)c1ccccc1)C(C)C. The van der Waals surface area contributed by atoms with E-state index in [1.54, 1.807) is 12.1 Å². The average molecular weight is 264 g/mol. The minimum Gasteiger partial charge on any atom is -0.456 e. The Kier molecular flexibility index (Phi) is 5.55. The summed E-state index contributed by atoms with van der Waals surface area (Å²) in [6, 6.07) is 10.2.